The van der Waals surface area contributed by atoms with Crippen LogP contribution in [0.25, 0.3) is 11.3 Å². The van der Waals surface area contributed by atoms with Crippen molar-refractivity contribution in [3.8, 4) is 23.4 Å². The highest BCUT2D eigenvalue weighted by Gasteiger charge is 2.27. The summed E-state index contributed by atoms with van der Waals surface area (Å²) in [6, 6.07) is 17.1. The first-order valence-corrected chi connectivity index (χ1v) is 9.32. The number of hydrogen-bond acceptors (Lipinski definition) is 6. The van der Waals surface area contributed by atoms with Gasteiger partial charge in [-0.2, -0.15) is 10.5 Å². The zero-order chi connectivity index (χ0) is 19.8. The zero-order valence-electron chi connectivity index (χ0n) is 15.6. The van der Waals surface area contributed by atoms with Crippen LogP contribution in [0, 0.1) is 22.7 Å². The molecule has 0 saturated carbocycles. The lowest BCUT2D eigenvalue weighted by Gasteiger charge is -2.19. The van der Waals surface area contributed by atoms with Crippen molar-refractivity contribution in [2.45, 2.75) is 18.9 Å². The molecule has 1 amide bonds. The van der Waals surface area contributed by atoms with Crippen molar-refractivity contribution in [3.05, 3.63) is 48.0 Å². The van der Waals surface area contributed by atoms with Gasteiger partial charge >= 0.3 is 0 Å². The Kier molecular flexibility index (Phi) is 6.56. The number of nitrogens with zero attached hydrogens (tertiary/aromatic N) is 4. The lowest BCUT2D eigenvalue weighted by molar-refractivity contribution is -0.130. The van der Waals surface area contributed by atoms with Gasteiger partial charge in [-0.25, -0.2) is 4.98 Å². The van der Waals surface area contributed by atoms with E-state index in [1.165, 1.54) is 0 Å². The number of carbonyl (C=O) groups excluding carboxylic acids is 1. The van der Waals surface area contributed by atoms with Crippen LogP contribution < -0.4 is 10.6 Å². The molecule has 142 valence electrons. The lowest BCUT2D eigenvalue weighted by atomic mass is 10.1. The normalized spacial score (nSPS) is 15.6. The smallest absolute Gasteiger partial charge is 0.237 e. The fourth-order valence-corrected chi connectivity index (χ4v) is 3.18. The Morgan fingerprint density at radius 2 is 2.00 bits per heavy atom. The maximum Gasteiger partial charge on any atom is 0.237 e. The number of aromatic nitrogens is 1. The van der Waals surface area contributed by atoms with Crippen LogP contribution in [0.2, 0.25) is 0 Å². The van der Waals surface area contributed by atoms with Gasteiger partial charge in [0.1, 0.15) is 11.9 Å². The number of anilines is 1. The number of carbonyl (C=O) groups is 1. The molecule has 7 nitrogen and oxygen atoms in total. The Balaban J connectivity index is 1.44. The molecule has 0 radical (unpaired) electrons. The minimum atomic E-state index is -0.276. The topological polar surface area (TPSA) is 105 Å². The molecular weight excluding hydrogens is 352 g/mol. The Hall–Kier alpha value is -3.42. The molecule has 1 fully saturated rings. The summed E-state index contributed by atoms with van der Waals surface area (Å²) in [5.74, 6) is 0.726. The number of pyridine rings is 1. The largest absolute Gasteiger partial charge is 0.369 e. The van der Waals surface area contributed by atoms with E-state index in [2.05, 4.69) is 27.8 Å². The lowest BCUT2D eigenvalue weighted by Crippen LogP contribution is -2.41. The Morgan fingerprint density at radius 1 is 1.18 bits per heavy atom. The van der Waals surface area contributed by atoms with E-state index in [9.17, 15) is 4.79 Å². The number of benzene rings is 1. The van der Waals surface area contributed by atoms with Gasteiger partial charge in [0.05, 0.1) is 29.9 Å². The molecule has 3 rings (SSSR count). The Bertz CT molecular complexity index is 896. The van der Waals surface area contributed by atoms with Crippen molar-refractivity contribution in [3.63, 3.8) is 0 Å². The molecule has 1 aromatic carbocycles. The van der Waals surface area contributed by atoms with Crippen molar-refractivity contribution in [1.82, 2.24) is 15.2 Å². The first kappa shape index (κ1) is 19.3. The SMILES string of the molecule is N#Cc1ccc(-c2cccc(NCCNCC(=O)N3CCC[C@H]3C#N)n2)cc1. The zero-order valence-corrected chi connectivity index (χ0v) is 15.6. The second-order valence-corrected chi connectivity index (χ2v) is 6.58. The van der Waals surface area contributed by atoms with Gasteiger partial charge in [0, 0.05) is 25.2 Å². The van der Waals surface area contributed by atoms with E-state index in [1.807, 2.05) is 30.3 Å². The summed E-state index contributed by atoms with van der Waals surface area (Å²) in [5, 5.41) is 24.3. The molecule has 1 atom stereocenters. The summed E-state index contributed by atoms with van der Waals surface area (Å²) in [4.78, 5) is 18.4. The maximum atomic E-state index is 12.2. The van der Waals surface area contributed by atoms with E-state index in [-0.39, 0.29) is 18.5 Å². The average Bonchev–Trinajstić information content (AvgIpc) is 3.23. The van der Waals surface area contributed by atoms with Crippen LogP contribution >= 0.6 is 0 Å². The Labute approximate surface area is 164 Å². The van der Waals surface area contributed by atoms with Gasteiger partial charge in [0.15, 0.2) is 0 Å². The molecule has 2 N–H and O–H groups in total. The minimum absolute atomic E-state index is 0.0232. The van der Waals surface area contributed by atoms with Crippen LogP contribution in [0.3, 0.4) is 0 Å². The van der Waals surface area contributed by atoms with E-state index in [4.69, 9.17) is 10.5 Å². The van der Waals surface area contributed by atoms with Crippen LogP contribution in [-0.2, 0) is 4.79 Å². The van der Waals surface area contributed by atoms with Gasteiger partial charge < -0.3 is 15.5 Å². The summed E-state index contributed by atoms with van der Waals surface area (Å²) in [6.07, 6.45) is 1.66. The molecule has 0 aliphatic carbocycles. The van der Waals surface area contributed by atoms with E-state index in [0.29, 0.717) is 25.2 Å². The molecule has 7 heteroatoms. The van der Waals surface area contributed by atoms with Crippen LogP contribution in [0.15, 0.2) is 42.5 Å². The van der Waals surface area contributed by atoms with E-state index in [0.717, 1.165) is 29.9 Å². The number of nitriles is 2. The molecule has 2 heterocycles. The summed E-state index contributed by atoms with van der Waals surface area (Å²) in [6.45, 7) is 2.14. The third-order valence-corrected chi connectivity index (χ3v) is 4.67. The van der Waals surface area contributed by atoms with Crippen LogP contribution in [-0.4, -0.2) is 48.0 Å². The van der Waals surface area contributed by atoms with Gasteiger partial charge in [0.25, 0.3) is 0 Å². The number of amides is 1. The van der Waals surface area contributed by atoms with E-state index >= 15 is 0 Å². The quantitative estimate of drug-likeness (QED) is 0.720. The Morgan fingerprint density at radius 3 is 2.75 bits per heavy atom. The molecule has 0 bridgehead atoms. The number of hydrogen-bond donors (Lipinski definition) is 2. The summed E-state index contributed by atoms with van der Waals surface area (Å²) in [5.41, 5.74) is 2.40. The van der Waals surface area contributed by atoms with E-state index in [1.54, 1.807) is 17.0 Å². The molecule has 1 aromatic heterocycles. The van der Waals surface area contributed by atoms with Crippen LogP contribution in [0.1, 0.15) is 18.4 Å². The molecule has 28 heavy (non-hydrogen) atoms. The molecule has 2 aromatic rings. The molecule has 0 spiro atoms. The van der Waals surface area contributed by atoms with Crippen LogP contribution in [0.4, 0.5) is 5.82 Å². The van der Waals surface area contributed by atoms with E-state index < -0.39 is 0 Å². The predicted octanol–water partition coefficient (Wildman–Crippen LogP) is 2.14. The standard InChI is InChI=1S/C21H22N6O/c22-13-16-6-8-17(9-7-16)19-4-1-5-20(26-19)25-11-10-24-15-21(28)27-12-2-3-18(27)14-23/h1,4-9,18,24H,2-3,10-12,15H2,(H,25,26)/t18-/m0/s1. The van der Waals surface area contributed by atoms with Gasteiger partial charge in [-0.1, -0.05) is 18.2 Å². The fraction of sp³-hybridized carbons (Fsp3) is 0.333. The third kappa shape index (κ3) is 4.85. The third-order valence-electron chi connectivity index (χ3n) is 4.67. The second-order valence-electron chi connectivity index (χ2n) is 6.58. The van der Waals surface area contributed by atoms with Crippen LogP contribution in [0.5, 0.6) is 0 Å². The first-order chi connectivity index (χ1) is 13.7. The second kappa shape index (κ2) is 9.50. The minimum Gasteiger partial charge on any atom is -0.369 e. The van der Waals surface area contributed by atoms with Crippen molar-refractivity contribution in [1.29, 1.82) is 10.5 Å². The number of rotatable bonds is 7. The monoisotopic (exact) mass is 374 g/mol. The van der Waals surface area contributed by atoms with Crippen molar-refractivity contribution in [2.24, 2.45) is 0 Å². The molecule has 0 unspecified atom stereocenters. The molecule has 1 aliphatic heterocycles. The first-order valence-electron chi connectivity index (χ1n) is 9.32. The summed E-state index contributed by atoms with van der Waals surface area (Å²) >= 11 is 0. The molecule has 1 aliphatic rings. The van der Waals surface area contributed by atoms with Gasteiger partial charge in [0.2, 0.25) is 5.91 Å². The molecular formula is C21H22N6O. The van der Waals surface area contributed by atoms with Gasteiger partial charge in [-0.3, -0.25) is 4.79 Å². The predicted molar refractivity (Wildman–Crippen MR) is 106 cm³/mol. The number of nitrogens with one attached hydrogen (secondary N) is 2. The highest BCUT2D eigenvalue weighted by Crippen LogP contribution is 2.19. The summed E-state index contributed by atoms with van der Waals surface area (Å²) in [7, 11) is 0. The van der Waals surface area contributed by atoms with Crippen molar-refractivity contribution >= 4 is 11.7 Å². The fourth-order valence-electron chi connectivity index (χ4n) is 3.18. The highest BCUT2D eigenvalue weighted by atomic mass is 16.2. The summed E-state index contributed by atoms with van der Waals surface area (Å²) < 4.78 is 0. The van der Waals surface area contributed by atoms with Crippen molar-refractivity contribution in [2.75, 3.05) is 31.5 Å². The maximum absolute atomic E-state index is 12.2. The van der Waals surface area contributed by atoms with Gasteiger partial charge in [-0.15, -0.1) is 0 Å². The number of likely N-dealkylation sites (tertiary alicyclic amines) is 1. The average molecular weight is 374 g/mol. The van der Waals surface area contributed by atoms with Gasteiger partial charge in [-0.05, 0) is 37.1 Å². The van der Waals surface area contributed by atoms with Crippen molar-refractivity contribution < 1.29 is 4.79 Å². The highest BCUT2D eigenvalue weighted by molar-refractivity contribution is 5.79. The molecule has 1 saturated heterocycles.